The van der Waals surface area contributed by atoms with Gasteiger partial charge in [0.1, 0.15) is 6.09 Å². The fraction of sp³-hybridized carbons (Fsp3) is 0.789. The van der Waals surface area contributed by atoms with E-state index in [9.17, 15) is 34.5 Å². The third kappa shape index (κ3) is 12.1. The van der Waals surface area contributed by atoms with Crippen LogP contribution in [-0.4, -0.2) is 122 Å². The van der Waals surface area contributed by atoms with Gasteiger partial charge in [-0.05, 0) is 6.42 Å². The van der Waals surface area contributed by atoms with E-state index < -0.39 is 24.6 Å². The molecule has 0 aliphatic carbocycles. The predicted octanol–water partition coefficient (Wildman–Crippen LogP) is -5.03. The largest absolute Gasteiger partial charge is 0.549 e. The van der Waals surface area contributed by atoms with Crippen LogP contribution in [0.3, 0.4) is 0 Å². The van der Waals surface area contributed by atoms with E-state index in [2.05, 4.69) is 5.32 Å². The molecule has 0 bridgehead atoms. The molecule has 0 saturated carbocycles. The molecule has 12 nitrogen and oxygen atoms in total. The minimum atomic E-state index is -1.38. The van der Waals surface area contributed by atoms with Crippen LogP contribution in [0.4, 0.5) is 4.79 Å². The minimum Gasteiger partial charge on any atom is -0.549 e. The lowest BCUT2D eigenvalue weighted by Crippen LogP contribution is -2.53. The molecule has 0 radical (unpaired) electrons. The predicted molar refractivity (Wildman–Crippen MR) is 104 cm³/mol. The van der Waals surface area contributed by atoms with Crippen molar-refractivity contribution in [1.29, 1.82) is 0 Å². The van der Waals surface area contributed by atoms with E-state index in [1.807, 2.05) is 6.92 Å². The molecular formula is C19H32N5O7-3. The van der Waals surface area contributed by atoms with E-state index in [0.717, 1.165) is 17.7 Å². The van der Waals surface area contributed by atoms with Crippen molar-refractivity contribution in [3.05, 3.63) is 0 Å². The number of nitrogens with zero attached hydrogens (tertiary/aromatic N) is 4. The Kier molecular flexibility index (Phi) is 12.5. The molecule has 0 spiro atoms. The zero-order valence-corrected chi connectivity index (χ0v) is 18.0. The van der Waals surface area contributed by atoms with Gasteiger partial charge in [0.2, 0.25) is 5.91 Å². The number of amides is 2. The van der Waals surface area contributed by atoms with Crippen molar-refractivity contribution in [3.8, 4) is 0 Å². The Morgan fingerprint density at radius 2 is 1.13 bits per heavy atom. The van der Waals surface area contributed by atoms with Gasteiger partial charge in [-0.25, -0.2) is 0 Å². The van der Waals surface area contributed by atoms with Crippen LogP contribution in [0.25, 0.3) is 0 Å². The summed E-state index contributed by atoms with van der Waals surface area (Å²) >= 11 is 0. The van der Waals surface area contributed by atoms with Crippen LogP contribution < -0.4 is 20.6 Å². The van der Waals surface area contributed by atoms with Crippen LogP contribution in [0.1, 0.15) is 19.8 Å². The minimum absolute atomic E-state index is 0.0205. The van der Waals surface area contributed by atoms with Crippen LogP contribution in [-0.2, 0) is 14.4 Å². The van der Waals surface area contributed by atoms with Crippen molar-refractivity contribution in [2.24, 2.45) is 0 Å². The number of rotatable bonds is 9. The number of aliphatic carboxylic acids is 2. The summed E-state index contributed by atoms with van der Waals surface area (Å²) in [6, 6.07) is 0. The first-order chi connectivity index (χ1) is 14.7. The lowest BCUT2D eigenvalue weighted by Gasteiger charge is -2.35. The van der Waals surface area contributed by atoms with Crippen molar-refractivity contribution < 1.29 is 34.5 Å². The number of carboxylic acid groups (broad SMARTS) is 3. The third-order valence-corrected chi connectivity index (χ3v) is 5.02. The summed E-state index contributed by atoms with van der Waals surface area (Å²) in [7, 11) is 0. The third-order valence-electron chi connectivity index (χ3n) is 5.02. The van der Waals surface area contributed by atoms with E-state index in [4.69, 9.17) is 0 Å². The number of hydrogen-bond donors (Lipinski definition) is 1. The maximum absolute atomic E-state index is 12.2. The number of nitrogens with one attached hydrogen (secondary N) is 1. The Labute approximate surface area is 182 Å². The first kappa shape index (κ1) is 26.6. The van der Waals surface area contributed by atoms with Gasteiger partial charge in [0.05, 0.1) is 18.5 Å². The SMILES string of the molecule is CCCCNC(=O)CN1CCN(CC(=O)[O-])CCN(CC(=O)[O-])CCN(C(=O)[O-])CC1. The fourth-order valence-electron chi connectivity index (χ4n) is 3.22. The zero-order valence-electron chi connectivity index (χ0n) is 18.0. The molecule has 0 aromatic carbocycles. The van der Waals surface area contributed by atoms with Crippen LogP contribution in [0.15, 0.2) is 0 Å². The Balaban J connectivity index is 2.87. The average molecular weight is 442 g/mol. The summed E-state index contributed by atoms with van der Waals surface area (Å²) < 4.78 is 0. The van der Waals surface area contributed by atoms with Gasteiger partial charge in [0.15, 0.2) is 0 Å². The van der Waals surface area contributed by atoms with E-state index >= 15 is 0 Å². The number of carbonyl (C=O) groups excluding carboxylic acids is 4. The topological polar surface area (TPSA) is 162 Å². The molecule has 1 fully saturated rings. The van der Waals surface area contributed by atoms with Crippen molar-refractivity contribution in [1.82, 2.24) is 24.9 Å². The molecule has 1 aliphatic heterocycles. The quantitative estimate of drug-likeness (QED) is 0.342. The molecule has 1 aliphatic rings. The monoisotopic (exact) mass is 442 g/mol. The molecule has 0 unspecified atom stereocenters. The molecule has 1 N–H and O–H groups in total. The molecular weight excluding hydrogens is 410 g/mol. The molecule has 1 rings (SSSR count). The summed E-state index contributed by atoms with van der Waals surface area (Å²) in [5, 5.41) is 36.4. The Morgan fingerprint density at radius 3 is 1.52 bits per heavy atom. The lowest BCUT2D eigenvalue weighted by atomic mass is 10.3. The van der Waals surface area contributed by atoms with Crippen molar-refractivity contribution in [3.63, 3.8) is 0 Å². The van der Waals surface area contributed by atoms with Gasteiger partial charge in [-0.1, -0.05) is 13.3 Å². The number of carbonyl (C=O) groups is 4. The molecule has 178 valence electrons. The number of carboxylic acids is 2. The Morgan fingerprint density at radius 1 is 0.710 bits per heavy atom. The highest BCUT2D eigenvalue weighted by molar-refractivity contribution is 5.78. The standard InChI is InChI=1S/C19H35N5O7/c1-2-3-4-20-16(25)13-21-5-6-22(14-17(26)27)7-8-23(15-18(28)29)10-12-24(11-9-21)19(30)31/h2-15H2,1H3,(H,20,25)(H,26,27)(H,28,29)(H,30,31)/p-3. The molecule has 0 aromatic rings. The summed E-state index contributed by atoms with van der Waals surface area (Å²) in [4.78, 5) is 51.7. The van der Waals surface area contributed by atoms with Gasteiger partial charge in [0.25, 0.3) is 0 Å². The second-order valence-corrected chi connectivity index (χ2v) is 7.53. The average Bonchev–Trinajstić information content (AvgIpc) is 2.67. The fourth-order valence-corrected chi connectivity index (χ4v) is 3.22. The molecule has 1 heterocycles. The van der Waals surface area contributed by atoms with E-state index in [-0.39, 0.29) is 58.3 Å². The van der Waals surface area contributed by atoms with Crippen LogP contribution >= 0.6 is 0 Å². The summed E-state index contributed by atoms with van der Waals surface area (Å²) in [5.74, 6) is -2.75. The highest BCUT2D eigenvalue weighted by atomic mass is 16.4. The highest BCUT2D eigenvalue weighted by Crippen LogP contribution is 2.01. The zero-order chi connectivity index (χ0) is 23.2. The van der Waals surface area contributed by atoms with Crippen molar-refractivity contribution in [2.75, 3.05) is 78.5 Å². The maximum atomic E-state index is 12.2. The normalized spacial score (nSPS) is 18.0. The van der Waals surface area contributed by atoms with Crippen molar-refractivity contribution in [2.45, 2.75) is 19.8 Å². The van der Waals surface area contributed by atoms with Crippen LogP contribution in [0.5, 0.6) is 0 Å². The number of hydrogen-bond acceptors (Lipinski definition) is 10. The smallest absolute Gasteiger partial charge is 0.234 e. The van der Waals surface area contributed by atoms with Crippen LogP contribution in [0.2, 0.25) is 0 Å². The second-order valence-electron chi connectivity index (χ2n) is 7.53. The van der Waals surface area contributed by atoms with E-state index in [1.165, 1.54) is 4.90 Å². The number of unbranched alkanes of at least 4 members (excludes halogenated alkanes) is 1. The summed E-state index contributed by atoms with van der Waals surface area (Å²) in [6.07, 6.45) is 0.417. The molecule has 1 saturated heterocycles. The van der Waals surface area contributed by atoms with Gasteiger partial charge >= 0.3 is 0 Å². The van der Waals surface area contributed by atoms with Crippen LogP contribution in [0, 0.1) is 0 Å². The first-order valence-corrected chi connectivity index (χ1v) is 10.5. The molecule has 0 atom stereocenters. The van der Waals surface area contributed by atoms with Gasteiger partial charge in [0, 0.05) is 72.0 Å². The molecule has 0 aromatic heterocycles. The van der Waals surface area contributed by atoms with Gasteiger partial charge < -0.3 is 39.9 Å². The van der Waals surface area contributed by atoms with Gasteiger partial charge in [-0.15, -0.1) is 0 Å². The maximum Gasteiger partial charge on any atom is 0.234 e. The molecule has 12 heteroatoms. The Hall–Kier alpha value is -2.44. The van der Waals surface area contributed by atoms with Gasteiger partial charge in [-0.2, -0.15) is 0 Å². The molecule has 2 amide bonds. The lowest BCUT2D eigenvalue weighted by molar-refractivity contribution is -0.308. The summed E-state index contributed by atoms with van der Waals surface area (Å²) in [6.45, 7) is 3.42. The summed E-state index contributed by atoms with van der Waals surface area (Å²) in [5.41, 5.74) is 0. The van der Waals surface area contributed by atoms with E-state index in [1.54, 1.807) is 9.80 Å². The van der Waals surface area contributed by atoms with Gasteiger partial charge in [-0.3, -0.25) is 19.5 Å². The Bertz CT molecular complexity index is 604. The first-order valence-electron chi connectivity index (χ1n) is 10.5. The van der Waals surface area contributed by atoms with E-state index in [0.29, 0.717) is 19.6 Å². The highest BCUT2D eigenvalue weighted by Gasteiger charge is 2.18. The van der Waals surface area contributed by atoms with Crippen molar-refractivity contribution >= 4 is 23.9 Å². The second kappa shape index (κ2) is 14.5. The molecule has 31 heavy (non-hydrogen) atoms.